The van der Waals surface area contributed by atoms with Gasteiger partial charge < -0.3 is 5.73 Å². The van der Waals surface area contributed by atoms with E-state index in [0.717, 1.165) is 24.2 Å². The summed E-state index contributed by atoms with van der Waals surface area (Å²) in [7, 11) is 0. The number of pyridine rings is 1. The fraction of sp³-hybridized carbons (Fsp3) is 0.400. The average molecular weight is 302 g/mol. The number of carbonyl (C=O) groups excluding carboxylic acids is 1. The highest BCUT2D eigenvalue weighted by Gasteiger charge is 2.26. The third-order valence-corrected chi connectivity index (χ3v) is 4.18. The number of carbonyl (C=O) groups is 1. The molecule has 1 aliphatic carbocycles. The first kappa shape index (κ1) is 14.0. The van der Waals surface area contributed by atoms with Gasteiger partial charge in [0.1, 0.15) is 5.82 Å². The van der Waals surface area contributed by atoms with Crippen molar-refractivity contribution >= 4 is 28.2 Å². The van der Waals surface area contributed by atoms with Crippen molar-refractivity contribution in [1.82, 2.24) is 9.97 Å². The molecule has 0 bridgehead atoms. The summed E-state index contributed by atoms with van der Waals surface area (Å²) in [5.74, 6) is 0.793. The zero-order valence-corrected chi connectivity index (χ0v) is 12.7. The molecule has 0 aliphatic heterocycles. The molecule has 2 aromatic rings. The summed E-state index contributed by atoms with van der Waals surface area (Å²) in [6, 6.07) is 3.40. The number of rotatable bonds is 5. The fourth-order valence-electron chi connectivity index (χ4n) is 2.21. The van der Waals surface area contributed by atoms with Crippen LogP contribution >= 0.6 is 11.3 Å². The molecule has 2 heterocycles. The number of thiazole rings is 1. The van der Waals surface area contributed by atoms with Crippen molar-refractivity contribution < 1.29 is 4.79 Å². The van der Waals surface area contributed by atoms with E-state index in [9.17, 15) is 4.79 Å². The van der Waals surface area contributed by atoms with E-state index < -0.39 is 0 Å². The second kappa shape index (κ2) is 5.81. The van der Waals surface area contributed by atoms with Gasteiger partial charge in [0.2, 0.25) is 0 Å². The van der Waals surface area contributed by atoms with Gasteiger partial charge in [-0.1, -0.05) is 13.3 Å². The van der Waals surface area contributed by atoms with E-state index in [4.69, 9.17) is 5.73 Å². The molecule has 1 fully saturated rings. The Balaban J connectivity index is 1.74. The quantitative estimate of drug-likeness (QED) is 0.888. The summed E-state index contributed by atoms with van der Waals surface area (Å²) in [4.78, 5) is 21.0. The van der Waals surface area contributed by atoms with Crippen LogP contribution in [-0.2, 0) is 6.42 Å². The minimum absolute atomic E-state index is 0.182. The number of nitrogens with one attached hydrogen (secondary N) is 1. The number of hydrogen-bond acceptors (Lipinski definition) is 5. The average Bonchev–Trinajstić information content (AvgIpc) is 3.19. The van der Waals surface area contributed by atoms with Gasteiger partial charge in [0.05, 0.1) is 5.69 Å². The monoisotopic (exact) mass is 302 g/mol. The lowest BCUT2D eigenvalue weighted by Crippen LogP contribution is -2.13. The van der Waals surface area contributed by atoms with Crippen LogP contribution in [0.1, 0.15) is 53.8 Å². The lowest BCUT2D eigenvalue weighted by Gasteiger charge is -2.06. The first-order valence-electron chi connectivity index (χ1n) is 7.19. The Hall–Kier alpha value is -1.95. The Bertz CT molecular complexity index is 663. The Morgan fingerprint density at radius 3 is 2.95 bits per heavy atom. The summed E-state index contributed by atoms with van der Waals surface area (Å²) < 4.78 is 0. The molecular formula is C15H18N4OS. The second-order valence-electron chi connectivity index (χ2n) is 5.33. The van der Waals surface area contributed by atoms with Gasteiger partial charge in [-0.15, -0.1) is 11.3 Å². The zero-order chi connectivity index (χ0) is 14.8. The third-order valence-electron chi connectivity index (χ3n) is 3.40. The molecule has 0 saturated heterocycles. The van der Waals surface area contributed by atoms with Gasteiger partial charge in [0.25, 0.3) is 5.91 Å². The molecule has 1 amide bonds. The van der Waals surface area contributed by atoms with Crippen LogP contribution in [0.3, 0.4) is 0 Å². The van der Waals surface area contributed by atoms with Gasteiger partial charge in [-0.25, -0.2) is 9.97 Å². The molecule has 110 valence electrons. The highest BCUT2D eigenvalue weighted by atomic mass is 32.1. The van der Waals surface area contributed by atoms with Crippen molar-refractivity contribution in [1.29, 1.82) is 0 Å². The first-order valence-corrected chi connectivity index (χ1v) is 8.07. The van der Waals surface area contributed by atoms with E-state index in [1.807, 2.05) is 5.38 Å². The van der Waals surface area contributed by atoms with E-state index in [0.29, 0.717) is 22.4 Å². The van der Waals surface area contributed by atoms with E-state index in [1.54, 1.807) is 12.1 Å². The Kier molecular flexibility index (Phi) is 3.88. The van der Waals surface area contributed by atoms with E-state index in [1.165, 1.54) is 24.2 Å². The largest absolute Gasteiger partial charge is 0.384 e. The van der Waals surface area contributed by atoms with E-state index >= 15 is 0 Å². The smallest absolute Gasteiger partial charge is 0.257 e. The maximum atomic E-state index is 12.3. The minimum Gasteiger partial charge on any atom is -0.384 e. The predicted octanol–water partition coefficient (Wildman–Crippen LogP) is 3.20. The summed E-state index contributed by atoms with van der Waals surface area (Å²) in [6.45, 7) is 2.07. The van der Waals surface area contributed by atoms with Crippen LogP contribution in [0.4, 0.5) is 10.9 Å². The number of hydrogen-bond donors (Lipinski definition) is 2. The van der Waals surface area contributed by atoms with E-state index in [2.05, 4.69) is 22.2 Å². The minimum atomic E-state index is -0.182. The van der Waals surface area contributed by atoms with Crippen LogP contribution in [0.15, 0.2) is 17.5 Å². The number of amides is 1. The van der Waals surface area contributed by atoms with Crippen molar-refractivity contribution in [2.75, 3.05) is 11.1 Å². The number of aromatic nitrogens is 2. The van der Waals surface area contributed by atoms with Crippen LogP contribution < -0.4 is 11.1 Å². The van der Waals surface area contributed by atoms with Gasteiger partial charge in [-0.05, 0) is 31.4 Å². The number of aryl methyl sites for hydroxylation is 1. The Labute approximate surface area is 127 Å². The topological polar surface area (TPSA) is 80.9 Å². The van der Waals surface area contributed by atoms with Crippen molar-refractivity contribution in [3.63, 3.8) is 0 Å². The molecule has 1 saturated carbocycles. The normalized spacial score (nSPS) is 14.1. The molecule has 3 rings (SSSR count). The van der Waals surface area contributed by atoms with Crippen molar-refractivity contribution in [2.45, 2.75) is 38.5 Å². The molecule has 6 heteroatoms. The van der Waals surface area contributed by atoms with Gasteiger partial charge in [0, 0.05) is 22.6 Å². The fourth-order valence-corrected chi connectivity index (χ4v) is 2.99. The van der Waals surface area contributed by atoms with Crippen LogP contribution in [0, 0.1) is 0 Å². The van der Waals surface area contributed by atoms with Crippen LogP contribution in [0.5, 0.6) is 0 Å². The van der Waals surface area contributed by atoms with Crippen LogP contribution in [0.2, 0.25) is 0 Å². The highest BCUT2D eigenvalue weighted by molar-refractivity contribution is 7.14. The molecule has 2 aromatic heterocycles. The molecule has 21 heavy (non-hydrogen) atoms. The Morgan fingerprint density at radius 1 is 1.43 bits per heavy atom. The lowest BCUT2D eigenvalue weighted by atomic mass is 10.1. The number of nitrogens with two attached hydrogens (primary N) is 1. The first-order chi connectivity index (χ1) is 10.2. The SMILES string of the molecule is CCCc1cc(C(=O)Nc2nc(C3CC3)cs2)cc(N)n1. The van der Waals surface area contributed by atoms with Gasteiger partial charge >= 0.3 is 0 Å². The molecule has 0 unspecified atom stereocenters. The number of nitrogens with zero attached hydrogens (tertiary/aromatic N) is 2. The highest BCUT2D eigenvalue weighted by Crippen LogP contribution is 2.40. The third kappa shape index (κ3) is 3.39. The van der Waals surface area contributed by atoms with Crippen molar-refractivity contribution in [3.05, 3.63) is 34.5 Å². The zero-order valence-electron chi connectivity index (χ0n) is 11.9. The summed E-state index contributed by atoms with van der Waals surface area (Å²) >= 11 is 1.47. The van der Waals surface area contributed by atoms with Gasteiger partial charge in [-0.2, -0.15) is 0 Å². The predicted molar refractivity (Wildman–Crippen MR) is 84.7 cm³/mol. The summed E-state index contributed by atoms with van der Waals surface area (Å²) in [5.41, 5.74) is 8.25. The molecule has 3 N–H and O–H groups in total. The maximum Gasteiger partial charge on any atom is 0.257 e. The molecule has 0 spiro atoms. The van der Waals surface area contributed by atoms with Gasteiger partial charge in [0.15, 0.2) is 5.13 Å². The maximum absolute atomic E-state index is 12.3. The molecule has 0 radical (unpaired) electrons. The molecule has 5 nitrogen and oxygen atoms in total. The van der Waals surface area contributed by atoms with Crippen LogP contribution in [0.25, 0.3) is 0 Å². The standard InChI is InChI=1S/C15H18N4OS/c1-2-3-11-6-10(7-13(16)17-11)14(20)19-15-18-12(8-21-15)9-4-5-9/h6-9H,2-5H2,1H3,(H2,16,17)(H,18,19,20). The van der Waals surface area contributed by atoms with Crippen LogP contribution in [-0.4, -0.2) is 15.9 Å². The van der Waals surface area contributed by atoms with E-state index in [-0.39, 0.29) is 5.91 Å². The summed E-state index contributed by atoms with van der Waals surface area (Å²) in [5, 5.41) is 5.51. The molecule has 0 atom stereocenters. The lowest BCUT2D eigenvalue weighted by molar-refractivity contribution is 0.102. The molecule has 0 aromatic carbocycles. The van der Waals surface area contributed by atoms with Crippen molar-refractivity contribution in [3.8, 4) is 0 Å². The Morgan fingerprint density at radius 2 is 2.24 bits per heavy atom. The summed E-state index contributed by atoms with van der Waals surface area (Å²) in [6.07, 6.45) is 4.19. The molecule has 1 aliphatic rings. The molecular weight excluding hydrogens is 284 g/mol. The number of nitrogen functional groups attached to an aromatic ring is 1. The van der Waals surface area contributed by atoms with Crippen molar-refractivity contribution in [2.24, 2.45) is 0 Å². The number of anilines is 2. The second-order valence-corrected chi connectivity index (χ2v) is 6.19. The van der Waals surface area contributed by atoms with Gasteiger partial charge in [-0.3, -0.25) is 10.1 Å².